The number of nitrogens with zero attached hydrogens (tertiary/aromatic N) is 3. The molecule has 1 saturated heterocycles. The van der Waals surface area contributed by atoms with Crippen LogP contribution in [0.1, 0.15) is 31.4 Å². The van der Waals surface area contributed by atoms with Crippen molar-refractivity contribution in [3.63, 3.8) is 0 Å². The van der Waals surface area contributed by atoms with Gasteiger partial charge in [-0.3, -0.25) is 14.4 Å². The number of nitrogens with one attached hydrogen (secondary N) is 1. The largest absolute Gasteiger partial charge is 0.341 e. The fraction of sp³-hybridized carbons (Fsp3) is 0.391. The number of likely N-dealkylation sites (tertiary alicyclic amines) is 1. The van der Waals surface area contributed by atoms with Crippen LogP contribution in [-0.2, 0) is 14.4 Å². The SMILES string of the molecule is Cc1cccc(NC(=O)CN2C(=O)[C@@H](C(=O)N3CCCCCC3)Sc3ccccc32)n1. The number of carbonyl (C=O) groups excluding carboxylic acids is 3. The van der Waals surface area contributed by atoms with Crippen LogP contribution >= 0.6 is 11.8 Å². The molecule has 162 valence electrons. The molecule has 1 N–H and O–H groups in total. The van der Waals surface area contributed by atoms with Crippen LogP contribution in [0.5, 0.6) is 0 Å². The number of anilines is 2. The summed E-state index contributed by atoms with van der Waals surface area (Å²) >= 11 is 1.28. The zero-order valence-corrected chi connectivity index (χ0v) is 18.4. The number of para-hydroxylation sites is 1. The molecule has 3 amide bonds. The third-order valence-electron chi connectivity index (χ3n) is 5.49. The second kappa shape index (κ2) is 9.51. The van der Waals surface area contributed by atoms with Crippen LogP contribution in [-0.4, -0.2) is 52.5 Å². The van der Waals surface area contributed by atoms with E-state index in [0.717, 1.165) is 36.3 Å². The lowest BCUT2D eigenvalue weighted by molar-refractivity contribution is -0.135. The first-order valence-electron chi connectivity index (χ1n) is 10.6. The maximum absolute atomic E-state index is 13.4. The fourth-order valence-electron chi connectivity index (χ4n) is 3.93. The number of pyridine rings is 1. The summed E-state index contributed by atoms with van der Waals surface area (Å²) in [6.45, 7) is 3.04. The van der Waals surface area contributed by atoms with Crippen molar-refractivity contribution in [2.24, 2.45) is 0 Å². The van der Waals surface area contributed by atoms with Gasteiger partial charge in [-0.1, -0.05) is 31.0 Å². The molecule has 0 aliphatic carbocycles. The van der Waals surface area contributed by atoms with Crippen LogP contribution in [0.2, 0.25) is 0 Å². The molecule has 2 aliphatic heterocycles. The predicted octanol–water partition coefficient (Wildman–Crippen LogP) is 3.24. The van der Waals surface area contributed by atoms with E-state index in [0.29, 0.717) is 24.6 Å². The number of rotatable bonds is 4. The zero-order valence-electron chi connectivity index (χ0n) is 17.5. The van der Waals surface area contributed by atoms with Crippen molar-refractivity contribution >= 4 is 41.0 Å². The van der Waals surface area contributed by atoms with Gasteiger partial charge in [0.05, 0.1) is 5.69 Å². The Morgan fingerprint density at radius 3 is 2.55 bits per heavy atom. The van der Waals surface area contributed by atoms with Gasteiger partial charge in [0.2, 0.25) is 11.8 Å². The second-order valence-corrected chi connectivity index (χ2v) is 8.99. The van der Waals surface area contributed by atoms with E-state index in [1.807, 2.05) is 48.2 Å². The Balaban J connectivity index is 1.54. The predicted molar refractivity (Wildman–Crippen MR) is 121 cm³/mol. The third-order valence-corrected chi connectivity index (χ3v) is 6.73. The number of carbonyl (C=O) groups is 3. The first-order chi connectivity index (χ1) is 15.0. The zero-order chi connectivity index (χ0) is 21.8. The average molecular weight is 439 g/mol. The van der Waals surface area contributed by atoms with Crippen LogP contribution in [0.25, 0.3) is 0 Å². The summed E-state index contributed by atoms with van der Waals surface area (Å²) in [6.07, 6.45) is 4.14. The molecule has 2 aromatic rings. The molecule has 2 aliphatic rings. The minimum Gasteiger partial charge on any atom is -0.341 e. The first-order valence-corrected chi connectivity index (χ1v) is 11.5. The summed E-state index contributed by atoms with van der Waals surface area (Å²) in [5, 5.41) is 1.89. The quantitative estimate of drug-likeness (QED) is 0.741. The highest BCUT2D eigenvalue weighted by Gasteiger charge is 2.40. The van der Waals surface area contributed by atoms with E-state index < -0.39 is 5.25 Å². The molecule has 0 unspecified atom stereocenters. The molecule has 1 fully saturated rings. The monoisotopic (exact) mass is 438 g/mol. The average Bonchev–Trinajstić information content (AvgIpc) is 3.05. The van der Waals surface area contributed by atoms with Gasteiger partial charge in [0.25, 0.3) is 5.91 Å². The van der Waals surface area contributed by atoms with Crippen molar-refractivity contribution in [2.45, 2.75) is 42.8 Å². The van der Waals surface area contributed by atoms with Gasteiger partial charge in [0.15, 0.2) is 5.25 Å². The number of hydrogen-bond acceptors (Lipinski definition) is 5. The van der Waals surface area contributed by atoms with Crippen LogP contribution in [0.15, 0.2) is 47.4 Å². The van der Waals surface area contributed by atoms with Gasteiger partial charge in [-0.05, 0) is 44.0 Å². The van der Waals surface area contributed by atoms with Gasteiger partial charge in [0, 0.05) is 23.7 Å². The van der Waals surface area contributed by atoms with Gasteiger partial charge in [-0.2, -0.15) is 0 Å². The molecule has 31 heavy (non-hydrogen) atoms. The number of benzene rings is 1. The molecule has 0 spiro atoms. The topological polar surface area (TPSA) is 82.6 Å². The van der Waals surface area contributed by atoms with Gasteiger partial charge in [0.1, 0.15) is 12.4 Å². The molecule has 1 aromatic carbocycles. The normalized spacial score (nSPS) is 18.9. The van der Waals surface area contributed by atoms with Gasteiger partial charge in [-0.25, -0.2) is 4.98 Å². The number of fused-ring (bicyclic) bond motifs is 1. The van der Waals surface area contributed by atoms with Crippen molar-refractivity contribution in [2.75, 3.05) is 29.9 Å². The van der Waals surface area contributed by atoms with Crippen LogP contribution in [0.3, 0.4) is 0 Å². The highest BCUT2D eigenvalue weighted by molar-refractivity contribution is 8.01. The molecule has 0 radical (unpaired) electrons. The van der Waals surface area contributed by atoms with E-state index >= 15 is 0 Å². The maximum Gasteiger partial charge on any atom is 0.250 e. The van der Waals surface area contributed by atoms with Gasteiger partial charge in [-0.15, -0.1) is 11.8 Å². The van der Waals surface area contributed by atoms with Crippen molar-refractivity contribution in [3.8, 4) is 0 Å². The molecule has 3 heterocycles. The number of amides is 3. The summed E-state index contributed by atoms with van der Waals surface area (Å²) in [4.78, 5) is 47.7. The molecular weight excluding hydrogens is 412 g/mol. The lowest BCUT2D eigenvalue weighted by Gasteiger charge is -2.34. The lowest BCUT2D eigenvalue weighted by atomic mass is 10.2. The van der Waals surface area contributed by atoms with Crippen molar-refractivity contribution < 1.29 is 14.4 Å². The number of aryl methyl sites for hydroxylation is 1. The molecule has 8 heteroatoms. The molecule has 0 saturated carbocycles. The summed E-state index contributed by atoms with van der Waals surface area (Å²) in [5.74, 6) is -0.411. The molecule has 1 atom stereocenters. The van der Waals surface area contributed by atoms with E-state index in [1.165, 1.54) is 16.7 Å². The fourth-order valence-corrected chi connectivity index (χ4v) is 5.12. The highest BCUT2D eigenvalue weighted by atomic mass is 32.2. The lowest BCUT2D eigenvalue weighted by Crippen LogP contribution is -2.51. The second-order valence-electron chi connectivity index (χ2n) is 7.84. The Kier molecular flexibility index (Phi) is 6.56. The molecule has 7 nitrogen and oxygen atoms in total. The van der Waals surface area contributed by atoms with E-state index in [-0.39, 0.29) is 24.3 Å². The van der Waals surface area contributed by atoms with E-state index in [9.17, 15) is 14.4 Å². The van der Waals surface area contributed by atoms with Crippen molar-refractivity contribution in [1.29, 1.82) is 0 Å². The number of hydrogen-bond donors (Lipinski definition) is 1. The van der Waals surface area contributed by atoms with E-state index in [2.05, 4.69) is 10.3 Å². The standard InChI is InChI=1S/C23H26N4O3S/c1-16-9-8-12-19(24-16)25-20(28)15-27-17-10-4-5-11-18(17)31-21(23(27)30)22(29)26-13-6-2-3-7-14-26/h4-5,8-12,21H,2-3,6-7,13-15H2,1H3,(H,24,25,28)/t21-/m1/s1. The van der Waals surface area contributed by atoms with Crippen LogP contribution in [0, 0.1) is 6.92 Å². The molecular formula is C23H26N4O3S. The molecule has 0 bridgehead atoms. The van der Waals surface area contributed by atoms with Crippen molar-refractivity contribution in [1.82, 2.24) is 9.88 Å². The number of aromatic nitrogens is 1. The summed E-state index contributed by atoms with van der Waals surface area (Å²) in [5.41, 5.74) is 1.45. The van der Waals surface area contributed by atoms with Gasteiger partial charge < -0.3 is 15.1 Å². The van der Waals surface area contributed by atoms with Crippen molar-refractivity contribution in [3.05, 3.63) is 48.2 Å². The maximum atomic E-state index is 13.4. The Bertz CT molecular complexity index is 988. The number of thioether (sulfide) groups is 1. The Morgan fingerprint density at radius 2 is 1.81 bits per heavy atom. The Hall–Kier alpha value is -2.87. The van der Waals surface area contributed by atoms with E-state index in [4.69, 9.17) is 0 Å². The minimum atomic E-state index is -0.863. The van der Waals surface area contributed by atoms with Crippen LogP contribution in [0.4, 0.5) is 11.5 Å². The summed E-state index contributed by atoms with van der Waals surface area (Å²) in [7, 11) is 0. The van der Waals surface area contributed by atoms with Gasteiger partial charge >= 0.3 is 0 Å². The third kappa shape index (κ3) is 4.90. The first kappa shape index (κ1) is 21.4. The summed E-state index contributed by atoms with van der Waals surface area (Å²) in [6, 6.07) is 12.8. The van der Waals surface area contributed by atoms with Crippen LogP contribution < -0.4 is 10.2 Å². The van der Waals surface area contributed by atoms with E-state index in [1.54, 1.807) is 6.07 Å². The Morgan fingerprint density at radius 1 is 1.06 bits per heavy atom. The Labute approximate surface area is 186 Å². The smallest absolute Gasteiger partial charge is 0.250 e. The summed E-state index contributed by atoms with van der Waals surface area (Å²) < 4.78 is 0. The highest BCUT2D eigenvalue weighted by Crippen LogP contribution is 2.39. The molecule has 4 rings (SSSR count). The molecule has 1 aromatic heterocycles. The minimum absolute atomic E-state index is 0.155.